The number of hydrogen-bond donors (Lipinski definition) is 1. The molecule has 1 aliphatic heterocycles. The standard InChI is InChI=1S/C22H34N6O/c1-26-21(15-29)24-25-22(26)17-5-3-16(4-6-17)18-13-23-28(14-18)20-9-7-19(8-10-20)27-11-2-12-27/h13-14,16-17,19-20,29H,2-12,15H2,1H3. The molecule has 2 aliphatic carbocycles. The fourth-order valence-electron chi connectivity index (χ4n) is 5.71. The maximum atomic E-state index is 9.35. The van der Waals surface area contributed by atoms with E-state index in [9.17, 15) is 5.11 Å². The molecule has 158 valence electrons. The molecule has 2 aromatic rings. The van der Waals surface area contributed by atoms with Gasteiger partial charge in [0.2, 0.25) is 0 Å². The van der Waals surface area contributed by atoms with Crippen LogP contribution in [0.3, 0.4) is 0 Å². The Hall–Kier alpha value is -1.73. The van der Waals surface area contributed by atoms with E-state index in [0.29, 0.717) is 23.7 Å². The summed E-state index contributed by atoms with van der Waals surface area (Å²) in [6, 6.07) is 1.42. The molecular weight excluding hydrogens is 364 g/mol. The van der Waals surface area contributed by atoms with Crippen LogP contribution in [0, 0.1) is 0 Å². The number of aromatic nitrogens is 5. The minimum atomic E-state index is -0.0437. The van der Waals surface area contributed by atoms with Crippen LogP contribution in [-0.4, -0.2) is 53.7 Å². The number of aliphatic hydroxyl groups is 1. The van der Waals surface area contributed by atoms with Gasteiger partial charge in [0.15, 0.2) is 5.82 Å². The molecule has 7 nitrogen and oxygen atoms in total. The molecule has 29 heavy (non-hydrogen) atoms. The highest BCUT2D eigenvalue weighted by molar-refractivity contribution is 5.15. The van der Waals surface area contributed by atoms with Gasteiger partial charge >= 0.3 is 0 Å². The Morgan fingerprint density at radius 2 is 1.62 bits per heavy atom. The Balaban J connectivity index is 1.16. The van der Waals surface area contributed by atoms with Crippen molar-refractivity contribution in [1.82, 2.24) is 29.4 Å². The first-order valence-corrected chi connectivity index (χ1v) is 11.5. The first-order valence-electron chi connectivity index (χ1n) is 11.5. The molecule has 5 rings (SSSR count). The smallest absolute Gasteiger partial charge is 0.158 e. The van der Waals surface area contributed by atoms with E-state index >= 15 is 0 Å². The lowest BCUT2D eigenvalue weighted by atomic mass is 9.79. The van der Waals surface area contributed by atoms with Crippen molar-refractivity contribution < 1.29 is 5.11 Å². The second-order valence-corrected chi connectivity index (χ2v) is 9.35. The van der Waals surface area contributed by atoms with E-state index < -0.39 is 0 Å². The number of nitrogens with zero attached hydrogens (tertiary/aromatic N) is 6. The fourth-order valence-corrected chi connectivity index (χ4v) is 5.71. The Kier molecular flexibility index (Phi) is 5.43. The molecule has 3 aliphatic rings. The summed E-state index contributed by atoms with van der Waals surface area (Å²) >= 11 is 0. The highest BCUT2D eigenvalue weighted by Crippen LogP contribution is 2.40. The summed E-state index contributed by atoms with van der Waals surface area (Å²) < 4.78 is 4.24. The van der Waals surface area contributed by atoms with Crippen LogP contribution in [0.15, 0.2) is 12.4 Å². The van der Waals surface area contributed by atoms with Crippen molar-refractivity contribution >= 4 is 0 Å². The van der Waals surface area contributed by atoms with Crippen molar-refractivity contribution in [2.75, 3.05) is 13.1 Å². The molecule has 2 saturated carbocycles. The van der Waals surface area contributed by atoms with E-state index in [2.05, 4.69) is 32.2 Å². The Morgan fingerprint density at radius 1 is 0.931 bits per heavy atom. The van der Waals surface area contributed by atoms with Gasteiger partial charge in [-0.1, -0.05) is 0 Å². The first-order chi connectivity index (χ1) is 14.2. The third-order valence-electron chi connectivity index (χ3n) is 7.77. The van der Waals surface area contributed by atoms with Gasteiger partial charge in [0, 0.05) is 25.2 Å². The maximum absolute atomic E-state index is 9.35. The predicted octanol–water partition coefficient (Wildman–Crippen LogP) is 3.13. The van der Waals surface area contributed by atoms with E-state index in [1.165, 1.54) is 63.6 Å². The molecular formula is C22H34N6O. The normalized spacial score (nSPS) is 31.0. The summed E-state index contributed by atoms with van der Waals surface area (Å²) in [5, 5.41) is 22.6. The van der Waals surface area contributed by atoms with Crippen LogP contribution in [0.25, 0.3) is 0 Å². The van der Waals surface area contributed by atoms with Crippen molar-refractivity contribution in [3.05, 3.63) is 29.6 Å². The van der Waals surface area contributed by atoms with Crippen molar-refractivity contribution in [3.63, 3.8) is 0 Å². The van der Waals surface area contributed by atoms with Crippen LogP contribution in [0.1, 0.15) is 92.9 Å². The molecule has 2 aromatic heterocycles. The Labute approximate surface area is 173 Å². The zero-order valence-electron chi connectivity index (χ0n) is 17.6. The number of aliphatic hydroxyl groups excluding tert-OH is 1. The molecule has 3 fully saturated rings. The number of likely N-dealkylation sites (tertiary alicyclic amines) is 1. The Bertz CT molecular complexity index is 809. The van der Waals surface area contributed by atoms with Crippen LogP contribution in [0.5, 0.6) is 0 Å². The number of rotatable bonds is 5. The minimum absolute atomic E-state index is 0.0437. The summed E-state index contributed by atoms with van der Waals surface area (Å²) in [6.07, 6.45) is 15.7. The zero-order chi connectivity index (χ0) is 19.8. The van der Waals surface area contributed by atoms with Gasteiger partial charge in [-0.15, -0.1) is 10.2 Å². The van der Waals surface area contributed by atoms with E-state index in [1.54, 1.807) is 0 Å². The van der Waals surface area contributed by atoms with Crippen LogP contribution in [-0.2, 0) is 13.7 Å². The second kappa shape index (κ2) is 8.19. The molecule has 1 saturated heterocycles. The summed E-state index contributed by atoms with van der Waals surface area (Å²) in [6.45, 7) is 2.59. The molecule has 1 N–H and O–H groups in total. The topological polar surface area (TPSA) is 72.0 Å². The quantitative estimate of drug-likeness (QED) is 0.838. The molecule has 3 heterocycles. The zero-order valence-corrected chi connectivity index (χ0v) is 17.6. The maximum Gasteiger partial charge on any atom is 0.158 e. The van der Waals surface area contributed by atoms with Crippen LogP contribution < -0.4 is 0 Å². The van der Waals surface area contributed by atoms with Crippen LogP contribution >= 0.6 is 0 Å². The lowest BCUT2D eigenvalue weighted by Crippen LogP contribution is -2.46. The molecule has 0 bridgehead atoms. The van der Waals surface area contributed by atoms with Gasteiger partial charge in [-0.2, -0.15) is 5.10 Å². The molecule has 0 radical (unpaired) electrons. The fraction of sp³-hybridized carbons (Fsp3) is 0.773. The van der Waals surface area contributed by atoms with Crippen LogP contribution in [0.2, 0.25) is 0 Å². The van der Waals surface area contributed by atoms with Crippen molar-refractivity contribution in [1.29, 1.82) is 0 Å². The van der Waals surface area contributed by atoms with Crippen molar-refractivity contribution in [2.24, 2.45) is 7.05 Å². The lowest BCUT2D eigenvalue weighted by Gasteiger charge is -2.42. The van der Waals surface area contributed by atoms with Crippen molar-refractivity contribution in [3.8, 4) is 0 Å². The second-order valence-electron chi connectivity index (χ2n) is 9.35. The van der Waals surface area contributed by atoms with E-state index in [4.69, 9.17) is 5.10 Å². The third kappa shape index (κ3) is 3.75. The lowest BCUT2D eigenvalue weighted by molar-refractivity contribution is 0.0787. The third-order valence-corrected chi connectivity index (χ3v) is 7.77. The highest BCUT2D eigenvalue weighted by Gasteiger charge is 2.31. The minimum Gasteiger partial charge on any atom is -0.388 e. The van der Waals surface area contributed by atoms with Gasteiger partial charge in [0.25, 0.3) is 0 Å². The SMILES string of the molecule is Cn1c(CO)nnc1C1CCC(c2cnn(C3CCC(N4CCC4)CC3)c2)CC1. The van der Waals surface area contributed by atoms with Gasteiger partial charge in [-0.3, -0.25) is 4.68 Å². The Morgan fingerprint density at radius 3 is 2.24 bits per heavy atom. The van der Waals surface area contributed by atoms with Gasteiger partial charge < -0.3 is 14.6 Å². The summed E-state index contributed by atoms with van der Waals surface area (Å²) in [5.41, 5.74) is 1.42. The largest absolute Gasteiger partial charge is 0.388 e. The predicted molar refractivity (Wildman–Crippen MR) is 111 cm³/mol. The first kappa shape index (κ1) is 19.2. The average Bonchev–Trinajstić information content (AvgIpc) is 3.34. The molecule has 0 spiro atoms. The molecule has 0 aromatic carbocycles. The van der Waals surface area contributed by atoms with E-state index in [0.717, 1.165) is 24.7 Å². The van der Waals surface area contributed by atoms with E-state index in [1.807, 2.05) is 11.6 Å². The molecule has 0 atom stereocenters. The highest BCUT2D eigenvalue weighted by atomic mass is 16.3. The van der Waals surface area contributed by atoms with Crippen LogP contribution in [0.4, 0.5) is 0 Å². The summed E-state index contributed by atoms with van der Waals surface area (Å²) in [5.74, 6) is 2.76. The molecule has 0 amide bonds. The molecule has 7 heteroatoms. The van der Waals surface area contributed by atoms with Gasteiger partial charge in [0.1, 0.15) is 12.4 Å². The van der Waals surface area contributed by atoms with Gasteiger partial charge in [-0.05, 0) is 82.4 Å². The van der Waals surface area contributed by atoms with Crippen molar-refractivity contribution in [2.45, 2.75) is 88.3 Å². The van der Waals surface area contributed by atoms with Gasteiger partial charge in [0.05, 0.1) is 12.2 Å². The number of hydrogen-bond acceptors (Lipinski definition) is 5. The van der Waals surface area contributed by atoms with Gasteiger partial charge in [-0.25, -0.2) is 0 Å². The molecule has 0 unspecified atom stereocenters. The average molecular weight is 399 g/mol. The van der Waals surface area contributed by atoms with E-state index in [-0.39, 0.29) is 6.61 Å². The monoisotopic (exact) mass is 398 g/mol. The summed E-state index contributed by atoms with van der Waals surface area (Å²) in [4.78, 5) is 2.67. The summed E-state index contributed by atoms with van der Waals surface area (Å²) in [7, 11) is 1.97.